The molecule has 9 heteroatoms. The molecule has 0 radical (unpaired) electrons. The van der Waals surface area contributed by atoms with Crippen molar-refractivity contribution in [1.29, 1.82) is 0 Å². The summed E-state index contributed by atoms with van der Waals surface area (Å²) in [5.41, 5.74) is 0.108. The van der Waals surface area contributed by atoms with Gasteiger partial charge in [0.1, 0.15) is 29.2 Å². The van der Waals surface area contributed by atoms with E-state index in [-0.39, 0.29) is 23.6 Å². The van der Waals surface area contributed by atoms with Crippen molar-refractivity contribution in [1.82, 2.24) is 10.1 Å². The number of carbonyl (C=O) groups is 2. The summed E-state index contributed by atoms with van der Waals surface area (Å²) in [5.74, 6) is -0.231. The number of nitrogens with zero attached hydrogens (tertiary/aromatic N) is 3. The van der Waals surface area contributed by atoms with Crippen LogP contribution in [0.25, 0.3) is 11.4 Å². The van der Waals surface area contributed by atoms with E-state index in [0.29, 0.717) is 28.7 Å². The van der Waals surface area contributed by atoms with E-state index in [4.69, 9.17) is 14.0 Å². The number of phenols is 1. The molecule has 1 N–H and O–H groups in total. The van der Waals surface area contributed by atoms with Crippen LogP contribution in [-0.2, 0) is 9.53 Å². The highest BCUT2D eigenvalue weighted by Gasteiger charge is 2.33. The minimum atomic E-state index is -0.727. The van der Waals surface area contributed by atoms with Gasteiger partial charge < -0.3 is 19.1 Å². The molecule has 1 aliphatic rings. The fourth-order valence-corrected chi connectivity index (χ4v) is 3.21. The molecule has 2 heterocycles. The highest BCUT2D eigenvalue weighted by Crippen LogP contribution is 2.43. The van der Waals surface area contributed by atoms with Crippen LogP contribution in [0.3, 0.4) is 0 Å². The number of amides is 1. The predicted octanol–water partition coefficient (Wildman–Crippen LogP) is 3.84. The van der Waals surface area contributed by atoms with Gasteiger partial charge in [-0.3, -0.25) is 14.5 Å². The first-order valence-corrected chi connectivity index (χ1v) is 9.60. The molecule has 0 aliphatic carbocycles. The largest absolute Gasteiger partial charge is 0.507 e. The van der Waals surface area contributed by atoms with Crippen molar-refractivity contribution in [3.63, 3.8) is 0 Å². The Labute approximate surface area is 178 Å². The van der Waals surface area contributed by atoms with Crippen LogP contribution in [0.4, 0.5) is 5.69 Å². The summed E-state index contributed by atoms with van der Waals surface area (Å²) in [6.07, 6.45) is 0. The summed E-state index contributed by atoms with van der Waals surface area (Å²) in [6.45, 7) is 6.51. The highest BCUT2D eigenvalue weighted by atomic mass is 16.6. The van der Waals surface area contributed by atoms with Crippen LogP contribution in [0.15, 0.2) is 40.9 Å². The van der Waals surface area contributed by atoms with Gasteiger partial charge in [0.2, 0.25) is 11.7 Å². The van der Waals surface area contributed by atoms with E-state index in [2.05, 4.69) is 10.1 Å². The van der Waals surface area contributed by atoms with E-state index in [1.807, 2.05) is 0 Å². The summed E-state index contributed by atoms with van der Waals surface area (Å²) >= 11 is 0. The zero-order chi connectivity index (χ0) is 22.3. The molecule has 0 atom stereocenters. The van der Waals surface area contributed by atoms with Gasteiger partial charge in [-0.15, -0.1) is 0 Å². The number of fused-ring (bicyclic) bond motifs is 2. The zero-order valence-corrected chi connectivity index (χ0v) is 17.5. The first-order valence-electron chi connectivity index (χ1n) is 9.60. The standard InChI is InChI=1S/C22H21N3O6/c1-12-23-20(24-31-12)13-8-9-16-14(10-13)25(11-18(27)30-22(2,3)4)21(28)19-15(26)6-5-7-17(19)29-16/h5-10,26H,11H2,1-4H3. The second-order valence-electron chi connectivity index (χ2n) is 8.05. The third-order valence-electron chi connectivity index (χ3n) is 4.43. The van der Waals surface area contributed by atoms with Gasteiger partial charge in [-0.1, -0.05) is 11.2 Å². The Bertz CT molecular complexity index is 1180. The van der Waals surface area contributed by atoms with E-state index in [9.17, 15) is 14.7 Å². The van der Waals surface area contributed by atoms with Crippen molar-refractivity contribution in [3.05, 3.63) is 47.9 Å². The molecular formula is C22H21N3O6. The molecule has 0 fully saturated rings. The van der Waals surface area contributed by atoms with Crippen molar-refractivity contribution in [2.24, 2.45) is 0 Å². The zero-order valence-electron chi connectivity index (χ0n) is 17.5. The van der Waals surface area contributed by atoms with Gasteiger partial charge in [-0.25, -0.2) is 0 Å². The van der Waals surface area contributed by atoms with Crippen LogP contribution in [0, 0.1) is 6.92 Å². The minimum absolute atomic E-state index is 0.0424. The third kappa shape index (κ3) is 4.07. The third-order valence-corrected chi connectivity index (χ3v) is 4.43. The number of carbonyl (C=O) groups excluding carboxylic acids is 2. The molecule has 1 amide bonds. The van der Waals surface area contributed by atoms with Crippen LogP contribution < -0.4 is 9.64 Å². The monoisotopic (exact) mass is 423 g/mol. The maximum Gasteiger partial charge on any atom is 0.326 e. The number of esters is 1. The molecule has 0 bridgehead atoms. The molecule has 0 saturated heterocycles. The molecule has 160 valence electrons. The average molecular weight is 423 g/mol. The van der Waals surface area contributed by atoms with E-state index < -0.39 is 17.5 Å². The number of phenolic OH excluding ortho intramolecular Hbond substituents is 1. The van der Waals surface area contributed by atoms with Gasteiger partial charge in [0.05, 0.1) is 5.69 Å². The lowest BCUT2D eigenvalue weighted by Crippen LogP contribution is -2.38. The molecule has 0 spiro atoms. The Morgan fingerprint density at radius 2 is 1.97 bits per heavy atom. The molecule has 31 heavy (non-hydrogen) atoms. The minimum Gasteiger partial charge on any atom is -0.507 e. The van der Waals surface area contributed by atoms with Crippen molar-refractivity contribution in [3.8, 4) is 28.6 Å². The number of aromatic nitrogens is 2. The van der Waals surface area contributed by atoms with Crippen LogP contribution in [0.5, 0.6) is 17.2 Å². The molecular weight excluding hydrogens is 402 g/mol. The Balaban J connectivity index is 1.83. The highest BCUT2D eigenvalue weighted by molar-refractivity contribution is 6.13. The second-order valence-corrected chi connectivity index (χ2v) is 8.05. The Morgan fingerprint density at radius 1 is 1.19 bits per heavy atom. The maximum atomic E-state index is 13.4. The van der Waals surface area contributed by atoms with Crippen molar-refractivity contribution in [2.75, 3.05) is 11.4 Å². The second kappa shape index (κ2) is 7.42. The van der Waals surface area contributed by atoms with Gasteiger partial charge in [0.25, 0.3) is 5.91 Å². The van der Waals surface area contributed by atoms with Crippen molar-refractivity contribution < 1.29 is 28.7 Å². The molecule has 0 saturated carbocycles. The SMILES string of the molecule is Cc1nc(-c2ccc3c(c2)N(CC(=O)OC(C)(C)C)C(=O)c2c(O)cccc2O3)no1. The quantitative estimate of drug-likeness (QED) is 0.632. The van der Waals surface area contributed by atoms with E-state index in [0.717, 1.165) is 0 Å². The number of aryl methyl sites for hydroxylation is 1. The lowest BCUT2D eigenvalue weighted by molar-refractivity contribution is -0.152. The molecule has 1 aliphatic heterocycles. The predicted molar refractivity (Wildman–Crippen MR) is 110 cm³/mol. The number of hydrogen-bond acceptors (Lipinski definition) is 8. The van der Waals surface area contributed by atoms with Gasteiger partial charge in [0, 0.05) is 12.5 Å². The Hall–Kier alpha value is -3.88. The molecule has 1 aromatic heterocycles. The number of ether oxygens (including phenoxy) is 2. The molecule has 2 aromatic carbocycles. The summed E-state index contributed by atoms with van der Waals surface area (Å²) in [5, 5.41) is 14.2. The Morgan fingerprint density at radius 3 is 2.65 bits per heavy atom. The molecule has 0 unspecified atom stereocenters. The topological polar surface area (TPSA) is 115 Å². The van der Waals surface area contributed by atoms with Crippen LogP contribution in [0.2, 0.25) is 0 Å². The lowest BCUT2D eigenvalue weighted by Gasteiger charge is -2.25. The molecule has 9 nitrogen and oxygen atoms in total. The fraction of sp³-hybridized carbons (Fsp3) is 0.273. The molecule has 4 rings (SSSR count). The van der Waals surface area contributed by atoms with Gasteiger partial charge in [-0.05, 0) is 51.1 Å². The van der Waals surface area contributed by atoms with E-state index in [1.165, 1.54) is 11.0 Å². The number of benzene rings is 2. The summed E-state index contributed by atoms with van der Waals surface area (Å²) in [6, 6.07) is 9.52. The van der Waals surface area contributed by atoms with E-state index >= 15 is 0 Å². The van der Waals surface area contributed by atoms with Crippen LogP contribution in [0.1, 0.15) is 37.0 Å². The lowest BCUT2D eigenvalue weighted by atomic mass is 10.1. The van der Waals surface area contributed by atoms with Gasteiger partial charge in [0.15, 0.2) is 5.75 Å². The normalized spacial score (nSPS) is 13.2. The summed E-state index contributed by atoms with van der Waals surface area (Å²) < 4.78 is 16.4. The smallest absolute Gasteiger partial charge is 0.326 e. The fourth-order valence-electron chi connectivity index (χ4n) is 3.21. The number of hydrogen-bond donors (Lipinski definition) is 1. The van der Waals surface area contributed by atoms with Crippen LogP contribution >= 0.6 is 0 Å². The van der Waals surface area contributed by atoms with Crippen LogP contribution in [-0.4, -0.2) is 39.3 Å². The number of rotatable bonds is 3. The van der Waals surface area contributed by atoms with Gasteiger partial charge >= 0.3 is 5.97 Å². The maximum absolute atomic E-state index is 13.4. The number of aromatic hydroxyl groups is 1. The van der Waals surface area contributed by atoms with Crippen molar-refractivity contribution in [2.45, 2.75) is 33.3 Å². The summed E-state index contributed by atoms with van der Waals surface area (Å²) in [4.78, 5) is 31.4. The van der Waals surface area contributed by atoms with E-state index in [1.54, 1.807) is 58.0 Å². The number of anilines is 1. The first kappa shape index (κ1) is 20.4. The average Bonchev–Trinajstić information content (AvgIpc) is 3.06. The first-order chi connectivity index (χ1) is 14.6. The van der Waals surface area contributed by atoms with Crippen molar-refractivity contribution >= 4 is 17.6 Å². The Kier molecular flexibility index (Phi) is 4.88. The molecule has 3 aromatic rings. The van der Waals surface area contributed by atoms with Gasteiger partial charge in [-0.2, -0.15) is 4.98 Å². The summed E-state index contributed by atoms with van der Waals surface area (Å²) in [7, 11) is 0.